The molecule has 5 nitrogen and oxygen atoms in total. The Labute approximate surface area is 137 Å². The molecular weight excluding hydrogens is 290 g/mol. The van der Waals surface area contributed by atoms with Gasteiger partial charge in [-0.1, -0.05) is 19.1 Å². The van der Waals surface area contributed by atoms with E-state index in [1.165, 1.54) is 0 Å². The van der Waals surface area contributed by atoms with E-state index < -0.39 is 5.60 Å². The summed E-state index contributed by atoms with van der Waals surface area (Å²) in [6.45, 7) is 8.64. The van der Waals surface area contributed by atoms with Crippen LogP contribution in [-0.2, 0) is 4.74 Å². The first-order chi connectivity index (χ1) is 10.8. The number of carbonyl (C=O) groups is 1. The second-order valence-corrected chi connectivity index (χ2v) is 7.69. The van der Waals surface area contributed by atoms with Gasteiger partial charge in [0, 0.05) is 6.54 Å². The summed E-state index contributed by atoms with van der Waals surface area (Å²) < 4.78 is 5.58. The molecule has 1 saturated heterocycles. The van der Waals surface area contributed by atoms with E-state index in [1.807, 2.05) is 25.7 Å². The van der Waals surface area contributed by atoms with Crippen molar-refractivity contribution in [3.63, 3.8) is 0 Å². The maximum absolute atomic E-state index is 12.5. The molecule has 2 atom stereocenters. The molecule has 23 heavy (non-hydrogen) atoms. The van der Waals surface area contributed by atoms with Crippen LogP contribution in [-0.4, -0.2) is 33.1 Å². The predicted molar refractivity (Wildman–Crippen MR) is 90.1 cm³/mol. The van der Waals surface area contributed by atoms with Crippen molar-refractivity contribution in [2.45, 2.75) is 65.0 Å². The molecule has 2 aliphatic rings. The summed E-state index contributed by atoms with van der Waals surface area (Å²) in [5, 5.41) is 2.11. The van der Waals surface area contributed by atoms with Gasteiger partial charge in [0.15, 0.2) is 0 Å². The van der Waals surface area contributed by atoms with Gasteiger partial charge in [-0.3, -0.25) is 4.90 Å². The van der Waals surface area contributed by atoms with Crippen molar-refractivity contribution in [2.75, 3.05) is 6.54 Å². The summed E-state index contributed by atoms with van der Waals surface area (Å²) in [6, 6.07) is -0.0127. The van der Waals surface area contributed by atoms with Gasteiger partial charge in [-0.25, -0.2) is 9.78 Å². The van der Waals surface area contributed by atoms with E-state index in [4.69, 9.17) is 9.72 Å². The smallest absolute Gasteiger partial charge is 0.410 e. The van der Waals surface area contributed by atoms with Gasteiger partial charge < -0.3 is 9.72 Å². The van der Waals surface area contributed by atoms with E-state index in [2.05, 4.69) is 24.1 Å². The Morgan fingerprint density at radius 3 is 2.91 bits per heavy atom. The fourth-order valence-electron chi connectivity index (χ4n) is 3.27. The molecule has 0 spiro atoms. The molecule has 2 heterocycles. The average Bonchev–Trinajstić information content (AvgIpc) is 2.88. The zero-order valence-corrected chi connectivity index (χ0v) is 14.6. The van der Waals surface area contributed by atoms with Crippen LogP contribution in [0.2, 0.25) is 0 Å². The normalized spacial score (nSPS) is 24.4. The molecule has 1 aromatic rings. The van der Waals surface area contributed by atoms with Crippen LogP contribution < -0.4 is 10.7 Å². The molecule has 1 N–H and O–H groups in total. The molecule has 0 saturated carbocycles. The van der Waals surface area contributed by atoms with E-state index in [-0.39, 0.29) is 12.1 Å². The fraction of sp³-hybridized carbons (Fsp3) is 0.667. The minimum absolute atomic E-state index is 0.0127. The number of aromatic amines is 1. The van der Waals surface area contributed by atoms with Crippen molar-refractivity contribution < 1.29 is 9.53 Å². The lowest BCUT2D eigenvalue weighted by Crippen LogP contribution is -2.42. The Morgan fingerprint density at radius 2 is 2.17 bits per heavy atom. The molecule has 1 fully saturated rings. The highest BCUT2D eigenvalue weighted by Crippen LogP contribution is 2.29. The third-order valence-electron chi connectivity index (χ3n) is 4.36. The Kier molecular flexibility index (Phi) is 4.21. The summed E-state index contributed by atoms with van der Waals surface area (Å²) >= 11 is 0. The first-order valence-corrected chi connectivity index (χ1v) is 8.61. The van der Waals surface area contributed by atoms with E-state index in [9.17, 15) is 4.79 Å². The summed E-state index contributed by atoms with van der Waals surface area (Å²) in [7, 11) is 0. The summed E-state index contributed by atoms with van der Waals surface area (Å²) in [6.07, 6.45) is 8.26. The number of aromatic nitrogens is 2. The van der Waals surface area contributed by atoms with Gasteiger partial charge in [-0.05, 0) is 52.4 Å². The lowest BCUT2D eigenvalue weighted by molar-refractivity contribution is 0.00851. The second kappa shape index (κ2) is 6.02. The monoisotopic (exact) mass is 317 g/mol. The Morgan fingerprint density at radius 1 is 1.39 bits per heavy atom. The van der Waals surface area contributed by atoms with Crippen molar-refractivity contribution in [1.29, 1.82) is 0 Å². The third kappa shape index (κ3) is 3.59. The van der Waals surface area contributed by atoms with Crippen LogP contribution in [0.4, 0.5) is 4.79 Å². The minimum atomic E-state index is -0.474. The molecule has 0 aromatic carbocycles. The molecule has 2 unspecified atom stereocenters. The van der Waals surface area contributed by atoms with Crippen molar-refractivity contribution in [2.24, 2.45) is 5.92 Å². The summed E-state index contributed by atoms with van der Waals surface area (Å²) in [5.74, 6) is 1.42. The third-order valence-corrected chi connectivity index (χ3v) is 4.36. The number of carbonyl (C=O) groups excluding carboxylic acids is 1. The van der Waals surface area contributed by atoms with E-state index in [1.54, 1.807) is 0 Å². The molecule has 3 rings (SSSR count). The molecule has 1 amide bonds. The van der Waals surface area contributed by atoms with Crippen molar-refractivity contribution in [3.05, 3.63) is 16.5 Å². The van der Waals surface area contributed by atoms with Crippen LogP contribution in [0.3, 0.4) is 0 Å². The topological polar surface area (TPSA) is 58.2 Å². The quantitative estimate of drug-likeness (QED) is 0.865. The number of fused-ring (bicyclic) bond motifs is 1. The highest BCUT2D eigenvalue weighted by molar-refractivity contribution is 5.68. The second-order valence-electron chi connectivity index (χ2n) is 7.69. The predicted octanol–water partition coefficient (Wildman–Crippen LogP) is 2.47. The molecule has 1 aromatic heterocycles. The van der Waals surface area contributed by atoms with Crippen LogP contribution in [0.5, 0.6) is 0 Å². The van der Waals surface area contributed by atoms with Crippen LogP contribution in [0.25, 0.3) is 12.2 Å². The Bertz CT molecular complexity index is 699. The summed E-state index contributed by atoms with van der Waals surface area (Å²) in [4.78, 5) is 22.6. The largest absolute Gasteiger partial charge is 0.444 e. The van der Waals surface area contributed by atoms with Gasteiger partial charge in [-0.2, -0.15) is 0 Å². The summed E-state index contributed by atoms with van der Waals surface area (Å²) in [5.41, 5.74) is -0.474. The molecule has 126 valence electrons. The number of imidazole rings is 1. The van der Waals surface area contributed by atoms with Gasteiger partial charge in [0.2, 0.25) is 0 Å². The first kappa shape index (κ1) is 16.1. The SMILES string of the molecule is CC1C=c2[nH]c(C3CCCCN3C(=O)OC(C)(C)C)nc2=CC1. The molecule has 1 aliphatic carbocycles. The minimum Gasteiger partial charge on any atom is -0.444 e. The number of nitrogens with one attached hydrogen (secondary N) is 1. The van der Waals surface area contributed by atoms with Gasteiger partial charge in [-0.15, -0.1) is 0 Å². The lowest BCUT2D eigenvalue weighted by Gasteiger charge is -2.35. The number of piperidine rings is 1. The highest BCUT2D eigenvalue weighted by atomic mass is 16.6. The zero-order valence-electron chi connectivity index (χ0n) is 14.6. The Balaban J connectivity index is 1.88. The first-order valence-electron chi connectivity index (χ1n) is 8.61. The number of rotatable bonds is 1. The molecule has 0 radical (unpaired) electrons. The number of ether oxygens (including phenoxy) is 1. The van der Waals surface area contributed by atoms with Crippen molar-refractivity contribution in [3.8, 4) is 0 Å². The van der Waals surface area contributed by atoms with Gasteiger partial charge in [0.25, 0.3) is 0 Å². The number of hydrogen-bond donors (Lipinski definition) is 1. The molecule has 5 heteroatoms. The van der Waals surface area contributed by atoms with Gasteiger partial charge >= 0.3 is 6.09 Å². The van der Waals surface area contributed by atoms with Crippen LogP contribution >= 0.6 is 0 Å². The number of hydrogen-bond acceptors (Lipinski definition) is 3. The van der Waals surface area contributed by atoms with Gasteiger partial charge in [0.05, 0.1) is 16.7 Å². The zero-order chi connectivity index (χ0) is 16.6. The molecule has 0 bridgehead atoms. The maximum Gasteiger partial charge on any atom is 0.410 e. The fourth-order valence-corrected chi connectivity index (χ4v) is 3.27. The van der Waals surface area contributed by atoms with Crippen LogP contribution in [0.1, 0.15) is 65.2 Å². The van der Waals surface area contributed by atoms with Crippen molar-refractivity contribution in [1.82, 2.24) is 14.9 Å². The van der Waals surface area contributed by atoms with E-state index >= 15 is 0 Å². The van der Waals surface area contributed by atoms with E-state index in [0.717, 1.165) is 48.8 Å². The maximum atomic E-state index is 12.5. The number of amides is 1. The van der Waals surface area contributed by atoms with Crippen LogP contribution in [0, 0.1) is 5.92 Å². The van der Waals surface area contributed by atoms with Crippen LogP contribution in [0.15, 0.2) is 0 Å². The molecular formula is C18H27N3O2. The number of H-pyrrole nitrogens is 1. The Hall–Kier alpha value is -1.78. The van der Waals surface area contributed by atoms with E-state index in [0.29, 0.717) is 5.92 Å². The average molecular weight is 317 g/mol. The standard InChI is InChI=1S/C18H27N3O2/c1-12-8-9-13-14(11-12)20-16(19-13)15-7-5-6-10-21(15)17(22)23-18(2,3)4/h9,11-12,15H,5-8,10H2,1-4H3,(H,19,20). The number of nitrogens with zero attached hydrogens (tertiary/aromatic N) is 2. The highest BCUT2D eigenvalue weighted by Gasteiger charge is 2.33. The van der Waals surface area contributed by atoms with Gasteiger partial charge in [0.1, 0.15) is 11.4 Å². The lowest BCUT2D eigenvalue weighted by atomic mass is 10.0. The number of likely N-dealkylation sites (tertiary alicyclic amines) is 1. The van der Waals surface area contributed by atoms with Crippen molar-refractivity contribution >= 4 is 18.2 Å². The molecule has 1 aliphatic heterocycles.